The number of carbonyl (C=O) groups excluding carboxylic acids is 1. The van der Waals surface area contributed by atoms with Crippen molar-refractivity contribution in [3.8, 4) is 5.75 Å². The van der Waals surface area contributed by atoms with E-state index in [1.165, 1.54) is 16.7 Å². The van der Waals surface area contributed by atoms with E-state index in [1.807, 2.05) is 6.92 Å². The summed E-state index contributed by atoms with van der Waals surface area (Å²) in [6.45, 7) is 2.18. The monoisotopic (exact) mass is 272 g/mol. The number of aromatic nitrogens is 1. The molecule has 0 aliphatic rings. The minimum atomic E-state index is -0.248. The number of pyridine rings is 1. The average molecular weight is 272 g/mol. The van der Waals surface area contributed by atoms with Crippen LogP contribution in [0, 0.1) is 6.92 Å². The van der Waals surface area contributed by atoms with Crippen LogP contribution in [0.1, 0.15) is 12.0 Å². The lowest BCUT2D eigenvalue weighted by Gasteiger charge is -2.09. The number of phenols is 1. The molecule has 5 heteroatoms. The van der Waals surface area contributed by atoms with E-state index < -0.39 is 0 Å². The van der Waals surface area contributed by atoms with Crippen molar-refractivity contribution in [2.24, 2.45) is 0 Å². The molecule has 1 heterocycles. The highest BCUT2D eigenvalue weighted by Gasteiger charge is 2.07. The van der Waals surface area contributed by atoms with E-state index in [0.717, 1.165) is 5.56 Å². The zero-order valence-corrected chi connectivity index (χ0v) is 11.2. The molecule has 0 aliphatic heterocycles. The highest BCUT2D eigenvalue weighted by Crippen LogP contribution is 2.23. The number of rotatable bonds is 4. The summed E-state index contributed by atoms with van der Waals surface area (Å²) in [5.41, 5.74) is 1.19. The van der Waals surface area contributed by atoms with Crippen LogP contribution in [0.3, 0.4) is 0 Å². The number of hydrogen-bond acceptors (Lipinski definition) is 3. The number of carbonyl (C=O) groups is 1. The second kappa shape index (κ2) is 6.06. The molecule has 1 aromatic carbocycles. The van der Waals surface area contributed by atoms with Crippen molar-refractivity contribution in [2.75, 3.05) is 5.32 Å². The molecule has 0 radical (unpaired) electrons. The molecule has 1 aromatic heterocycles. The van der Waals surface area contributed by atoms with Crippen molar-refractivity contribution in [1.29, 1.82) is 0 Å². The first kappa shape index (κ1) is 13.9. The summed E-state index contributed by atoms with van der Waals surface area (Å²) in [6.07, 6.45) is 1.80. The summed E-state index contributed by atoms with van der Waals surface area (Å²) in [5, 5.41) is 12.3. The normalized spacial score (nSPS) is 10.2. The van der Waals surface area contributed by atoms with E-state index in [0.29, 0.717) is 12.2 Å². The Balaban J connectivity index is 1.98. The van der Waals surface area contributed by atoms with Crippen LogP contribution in [-0.4, -0.2) is 15.6 Å². The molecule has 0 bridgehead atoms. The predicted molar refractivity (Wildman–Crippen MR) is 76.8 cm³/mol. The quantitative estimate of drug-likeness (QED) is 0.835. The van der Waals surface area contributed by atoms with Crippen LogP contribution in [0.25, 0.3) is 0 Å². The molecule has 2 aromatic rings. The van der Waals surface area contributed by atoms with Crippen LogP contribution in [0.5, 0.6) is 5.75 Å². The van der Waals surface area contributed by atoms with Crippen molar-refractivity contribution in [2.45, 2.75) is 19.9 Å². The van der Waals surface area contributed by atoms with Crippen molar-refractivity contribution in [3.63, 3.8) is 0 Å². The molecular formula is C15H16N2O3. The topological polar surface area (TPSA) is 71.3 Å². The van der Waals surface area contributed by atoms with Gasteiger partial charge in [-0.05, 0) is 30.7 Å². The van der Waals surface area contributed by atoms with E-state index >= 15 is 0 Å². The van der Waals surface area contributed by atoms with Crippen molar-refractivity contribution in [3.05, 3.63) is 58.5 Å². The zero-order chi connectivity index (χ0) is 14.5. The van der Waals surface area contributed by atoms with Crippen LogP contribution in [0.4, 0.5) is 5.69 Å². The van der Waals surface area contributed by atoms with Gasteiger partial charge >= 0.3 is 0 Å². The number of hydrogen-bond donors (Lipinski definition) is 2. The maximum Gasteiger partial charge on any atom is 0.250 e. The molecule has 0 unspecified atom stereocenters. The Bertz CT molecular complexity index is 677. The molecule has 0 aliphatic carbocycles. The molecule has 0 saturated carbocycles. The van der Waals surface area contributed by atoms with E-state index in [2.05, 4.69) is 5.32 Å². The van der Waals surface area contributed by atoms with Gasteiger partial charge in [0.25, 0.3) is 5.56 Å². The molecule has 0 saturated heterocycles. The smallest absolute Gasteiger partial charge is 0.250 e. The van der Waals surface area contributed by atoms with Crippen LogP contribution in [0.2, 0.25) is 0 Å². The minimum absolute atomic E-state index is 0.0285. The second-order valence-electron chi connectivity index (χ2n) is 4.55. The number of aromatic hydroxyl groups is 1. The number of nitrogens with zero attached hydrogens (tertiary/aromatic N) is 1. The Morgan fingerprint density at radius 2 is 2.10 bits per heavy atom. The highest BCUT2D eigenvalue weighted by atomic mass is 16.3. The minimum Gasteiger partial charge on any atom is -0.506 e. The molecule has 0 spiro atoms. The third-order valence-corrected chi connectivity index (χ3v) is 2.90. The Kier molecular flexibility index (Phi) is 4.20. The summed E-state index contributed by atoms with van der Waals surface area (Å²) in [6, 6.07) is 9.84. The van der Waals surface area contributed by atoms with Crippen LogP contribution in [0.15, 0.2) is 47.4 Å². The van der Waals surface area contributed by atoms with E-state index in [4.69, 9.17) is 0 Å². The summed E-state index contributed by atoms with van der Waals surface area (Å²) < 4.78 is 1.47. The third kappa shape index (κ3) is 3.47. The first-order valence-corrected chi connectivity index (χ1v) is 6.31. The SMILES string of the molecule is Cc1ccc(O)c(NC(=O)CCn2ccccc2=O)c1. The van der Waals surface area contributed by atoms with Crippen molar-refractivity contribution >= 4 is 11.6 Å². The summed E-state index contributed by atoms with van der Waals surface area (Å²) in [7, 11) is 0. The van der Waals surface area contributed by atoms with Gasteiger partial charge in [-0.2, -0.15) is 0 Å². The summed E-state index contributed by atoms with van der Waals surface area (Å²) >= 11 is 0. The molecule has 1 amide bonds. The van der Waals surface area contributed by atoms with Gasteiger partial charge in [-0.25, -0.2) is 0 Å². The number of amides is 1. The summed E-state index contributed by atoms with van der Waals surface area (Å²) in [4.78, 5) is 23.3. The third-order valence-electron chi connectivity index (χ3n) is 2.90. The van der Waals surface area contributed by atoms with Crippen molar-refractivity contribution < 1.29 is 9.90 Å². The van der Waals surface area contributed by atoms with Gasteiger partial charge in [-0.1, -0.05) is 12.1 Å². The van der Waals surface area contributed by atoms with Gasteiger partial charge in [-0.15, -0.1) is 0 Å². The largest absolute Gasteiger partial charge is 0.506 e. The average Bonchev–Trinajstić information content (AvgIpc) is 2.42. The summed E-state index contributed by atoms with van der Waals surface area (Å²) in [5.74, 6) is -0.220. The number of aryl methyl sites for hydroxylation is 2. The number of nitrogens with one attached hydrogen (secondary N) is 1. The fraction of sp³-hybridized carbons (Fsp3) is 0.200. The molecule has 0 atom stereocenters. The van der Waals surface area contributed by atoms with Crippen LogP contribution < -0.4 is 10.9 Å². The van der Waals surface area contributed by atoms with Gasteiger partial charge < -0.3 is 15.0 Å². The lowest BCUT2D eigenvalue weighted by molar-refractivity contribution is -0.116. The molecule has 5 nitrogen and oxygen atoms in total. The molecule has 20 heavy (non-hydrogen) atoms. The van der Waals surface area contributed by atoms with E-state index in [1.54, 1.807) is 30.5 Å². The highest BCUT2D eigenvalue weighted by molar-refractivity contribution is 5.92. The fourth-order valence-electron chi connectivity index (χ4n) is 1.83. The maximum absolute atomic E-state index is 11.8. The Morgan fingerprint density at radius 1 is 1.30 bits per heavy atom. The lowest BCUT2D eigenvalue weighted by Crippen LogP contribution is -2.21. The number of phenolic OH excluding ortho intramolecular Hbond substituents is 1. The van der Waals surface area contributed by atoms with Gasteiger partial charge in [-0.3, -0.25) is 9.59 Å². The van der Waals surface area contributed by atoms with Gasteiger partial charge in [0.05, 0.1) is 5.69 Å². The van der Waals surface area contributed by atoms with E-state index in [-0.39, 0.29) is 23.6 Å². The molecular weight excluding hydrogens is 256 g/mol. The predicted octanol–water partition coefficient (Wildman–Crippen LogP) is 1.89. The second-order valence-corrected chi connectivity index (χ2v) is 4.55. The number of benzene rings is 1. The number of anilines is 1. The fourth-order valence-corrected chi connectivity index (χ4v) is 1.83. The van der Waals surface area contributed by atoms with Crippen LogP contribution >= 0.6 is 0 Å². The Labute approximate surface area is 116 Å². The van der Waals surface area contributed by atoms with Crippen molar-refractivity contribution in [1.82, 2.24) is 4.57 Å². The molecule has 104 valence electrons. The molecule has 2 rings (SSSR count). The maximum atomic E-state index is 11.8. The van der Waals surface area contributed by atoms with Gasteiger partial charge in [0.1, 0.15) is 5.75 Å². The van der Waals surface area contributed by atoms with Gasteiger partial charge in [0.2, 0.25) is 5.91 Å². The lowest BCUT2D eigenvalue weighted by atomic mass is 10.2. The zero-order valence-electron chi connectivity index (χ0n) is 11.2. The standard InChI is InChI=1S/C15H16N2O3/c1-11-5-6-13(18)12(10-11)16-14(19)7-9-17-8-3-2-4-15(17)20/h2-6,8,10,18H,7,9H2,1H3,(H,16,19). The Morgan fingerprint density at radius 3 is 2.85 bits per heavy atom. The first-order valence-electron chi connectivity index (χ1n) is 6.31. The Hall–Kier alpha value is -2.56. The molecule has 0 fully saturated rings. The first-order chi connectivity index (χ1) is 9.56. The molecule has 2 N–H and O–H groups in total. The van der Waals surface area contributed by atoms with Crippen LogP contribution in [-0.2, 0) is 11.3 Å². The van der Waals surface area contributed by atoms with E-state index in [9.17, 15) is 14.7 Å². The van der Waals surface area contributed by atoms with Gasteiger partial charge in [0, 0.05) is 25.2 Å². The van der Waals surface area contributed by atoms with Gasteiger partial charge in [0.15, 0.2) is 0 Å².